The third-order valence-electron chi connectivity index (χ3n) is 5.96. The highest BCUT2D eigenvalue weighted by Gasteiger charge is 2.29. The molecule has 0 saturated carbocycles. The Hall–Kier alpha value is -3.59. The summed E-state index contributed by atoms with van der Waals surface area (Å²) < 4.78 is 7.01. The summed E-state index contributed by atoms with van der Waals surface area (Å²) in [6, 6.07) is 9.58. The van der Waals surface area contributed by atoms with Crippen molar-refractivity contribution in [1.29, 1.82) is 0 Å². The lowest BCUT2D eigenvalue weighted by Gasteiger charge is -2.41. The van der Waals surface area contributed by atoms with Crippen molar-refractivity contribution in [3.05, 3.63) is 53.9 Å². The topological polar surface area (TPSA) is 92.2 Å². The number of fused-ring (bicyclic) bond motifs is 1. The van der Waals surface area contributed by atoms with E-state index in [1.54, 1.807) is 30.4 Å². The summed E-state index contributed by atoms with van der Waals surface area (Å²) in [6.07, 6.45) is 5.14. The molecular formula is C23H24ClN7O2. The summed E-state index contributed by atoms with van der Waals surface area (Å²) in [7, 11) is 1.61. The zero-order valence-electron chi connectivity index (χ0n) is 18.4. The second-order valence-electron chi connectivity index (χ2n) is 8.02. The lowest BCUT2D eigenvalue weighted by atomic mass is 10.1. The summed E-state index contributed by atoms with van der Waals surface area (Å²) in [5.74, 6) is 1.31. The van der Waals surface area contributed by atoms with Crippen LogP contribution in [0, 0.1) is 0 Å². The van der Waals surface area contributed by atoms with Crippen molar-refractivity contribution in [2.75, 3.05) is 31.6 Å². The number of amides is 1. The van der Waals surface area contributed by atoms with Gasteiger partial charge in [-0.15, -0.1) is 0 Å². The maximum Gasteiger partial charge on any atom is 0.244 e. The molecular weight excluding hydrogens is 442 g/mol. The molecule has 1 aromatic carbocycles. The van der Waals surface area contributed by atoms with Crippen molar-refractivity contribution < 1.29 is 9.53 Å². The van der Waals surface area contributed by atoms with Gasteiger partial charge in [-0.3, -0.25) is 4.79 Å². The Balaban J connectivity index is 1.33. The number of halogens is 1. The van der Waals surface area contributed by atoms with E-state index >= 15 is 0 Å². The SMILES string of the molecule is COc1cc(N2CCN(C(=O)Cn3nc(-c4ncc[nH]4)c4cccnc43)C(C)C2)ccc1Cl. The van der Waals surface area contributed by atoms with Crippen LogP contribution in [0.15, 0.2) is 48.9 Å². The average Bonchev–Trinajstić information content (AvgIpc) is 3.48. The van der Waals surface area contributed by atoms with Gasteiger partial charge in [-0.25, -0.2) is 14.6 Å². The van der Waals surface area contributed by atoms with Gasteiger partial charge in [0.25, 0.3) is 0 Å². The molecule has 1 fully saturated rings. The van der Waals surface area contributed by atoms with Crippen LogP contribution < -0.4 is 9.64 Å². The van der Waals surface area contributed by atoms with Gasteiger partial charge in [0.2, 0.25) is 5.91 Å². The van der Waals surface area contributed by atoms with Gasteiger partial charge in [-0.2, -0.15) is 5.10 Å². The molecule has 1 unspecified atom stereocenters. The molecule has 10 heteroatoms. The summed E-state index contributed by atoms with van der Waals surface area (Å²) in [6.45, 7) is 4.23. The number of carbonyl (C=O) groups excluding carboxylic acids is 1. The Kier molecular flexibility index (Phi) is 5.63. The number of methoxy groups -OCH3 is 1. The Morgan fingerprint density at radius 2 is 2.12 bits per heavy atom. The van der Waals surface area contributed by atoms with Gasteiger partial charge in [0, 0.05) is 56.0 Å². The number of aromatic amines is 1. The fourth-order valence-electron chi connectivity index (χ4n) is 4.32. The second kappa shape index (κ2) is 8.74. The van der Waals surface area contributed by atoms with E-state index in [-0.39, 0.29) is 18.5 Å². The van der Waals surface area contributed by atoms with Crippen molar-refractivity contribution >= 4 is 34.2 Å². The molecule has 1 aliphatic heterocycles. The van der Waals surface area contributed by atoms with Gasteiger partial charge in [0.05, 0.1) is 17.5 Å². The summed E-state index contributed by atoms with van der Waals surface area (Å²) in [4.78, 5) is 29.3. The smallest absolute Gasteiger partial charge is 0.244 e. The first-order chi connectivity index (χ1) is 16.0. The lowest BCUT2D eigenvalue weighted by molar-refractivity contribution is -0.134. The van der Waals surface area contributed by atoms with Crippen LogP contribution in [-0.2, 0) is 11.3 Å². The summed E-state index contributed by atoms with van der Waals surface area (Å²) in [5, 5.41) is 6.09. The van der Waals surface area contributed by atoms with Gasteiger partial charge in [0.15, 0.2) is 11.5 Å². The van der Waals surface area contributed by atoms with E-state index in [9.17, 15) is 4.79 Å². The molecule has 4 heterocycles. The zero-order chi connectivity index (χ0) is 22.9. The van der Waals surface area contributed by atoms with Crippen LogP contribution in [0.2, 0.25) is 5.02 Å². The van der Waals surface area contributed by atoms with Crippen LogP contribution in [0.3, 0.4) is 0 Å². The van der Waals surface area contributed by atoms with Crippen LogP contribution in [0.1, 0.15) is 6.92 Å². The van der Waals surface area contributed by atoms with Gasteiger partial charge in [-0.05, 0) is 31.2 Å². The number of nitrogens with zero attached hydrogens (tertiary/aromatic N) is 6. The van der Waals surface area contributed by atoms with E-state index < -0.39 is 0 Å². The third kappa shape index (κ3) is 4.00. The molecule has 9 nitrogen and oxygen atoms in total. The predicted molar refractivity (Wildman–Crippen MR) is 127 cm³/mol. The van der Waals surface area contributed by atoms with Crippen molar-refractivity contribution in [1.82, 2.24) is 29.6 Å². The molecule has 3 aromatic heterocycles. The van der Waals surface area contributed by atoms with Gasteiger partial charge < -0.3 is 19.5 Å². The minimum absolute atomic E-state index is 0.0110. The molecule has 0 bridgehead atoms. The first-order valence-electron chi connectivity index (χ1n) is 10.7. The normalized spacial score (nSPS) is 16.4. The van der Waals surface area contributed by atoms with Gasteiger partial charge in [-0.1, -0.05) is 11.6 Å². The number of aromatic nitrogens is 5. The van der Waals surface area contributed by atoms with E-state index in [1.807, 2.05) is 35.2 Å². The standard InChI is InChI=1S/C23H24ClN7O2/c1-15-13-29(16-5-6-18(24)19(12-16)33-2)10-11-30(15)20(32)14-31-23-17(4-3-7-27-23)21(28-31)22-25-8-9-26-22/h3-9,12,15H,10-11,13-14H2,1-2H3,(H,25,26). The number of anilines is 1. The number of hydrogen-bond acceptors (Lipinski definition) is 6. The first-order valence-corrected chi connectivity index (χ1v) is 11.1. The quantitative estimate of drug-likeness (QED) is 0.486. The lowest BCUT2D eigenvalue weighted by Crippen LogP contribution is -2.54. The van der Waals surface area contributed by atoms with Crippen LogP contribution in [0.5, 0.6) is 5.75 Å². The van der Waals surface area contributed by atoms with Crippen LogP contribution in [0.4, 0.5) is 5.69 Å². The maximum absolute atomic E-state index is 13.3. The van der Waals surface area contributed by atoms with Crippen molar-refractivity contribution in [2.45, 2.75) is 19.5 Å². The molecule has 0 aliphatic carbocycles. The van der Waals surface area contributed by atoms with Crippen LogP contribution >= 0.6 is 11.6 Å². The highest BCUT2D eigenvalue weighted by Crippen LogP contribution is 2.30. The second-order valence-corrected chi connectivity index (χ2v) is 8.43. The van der Waals surface area contributed by atoms with Crippen molar-refractivity contribution in [3.8, 4) is 17.3 Å². The number of rotatable bonds is 5. The summed E-state index contributed by atoms with van der Waals surface area (Å²) in [5.41, 5.74) is 2.38. The Labute approximate surface area is 195 Å². The fourth-order valence-corrected chi connectivity index (χ4v) is 4.51. The Morgan fingerprint density at radius 1 is 1.24 bits per heavy atom. The highest BCUT2D eigenvalue weighted by atomic mass is 35.5. The van der Waals surface area contributed by atoms with Crippen molar-refractivity contribution in [2.24, 2.45) is 0 Å². The first kappa shape index (κ1) is 21.3. The van der Waals surface area contributed by atoms with Gasteiger partial charge >= 0.3 is 0 Å². The summed E-state index contributed by atoms with van der Waals surface area (Å²) >= 11 is 6.17. The van der Waals surface area contributed by atoms with E-state index in [0.29, 0.717) is 41.0 Å². The maximum atomic E-state index is 13.3. The molecule has 5 rings (SSSR count). The molecule has 4 aromatic rings. The molecule has 1 amide bonds. The molecule has 33 heavy (non-hydrogen) atoms. The highest BCUT2D eigenvalue weighted by molar-refractivity contribution is 6.32. The number of benzene rings is 1. The third-order valence-corrected chi connectivity index (χ3v) is 6.27. The molecule has 0 radical (unpaired) electrons. The molecule has 1 saturated heterocycles. The largest absolute Gasteiger partial charge is 0.495 e. The number of hydrogen-bond donors (Lipinski definition) is 1. The minimum atomic E-state index is 0.0110. The number of pyridine rings is 1. The zero-order valence-corrected chi connectivity index (χ0v) is 19.2. The monoisotopic (exact) mass is 465 g/mol. The minimum Gasteiger partial charge on any atom is -0.495 e. The van der Waals surface area contributed by atoms with E-state index in [0.717, 1.165) is 17.6 Å². The molecule has 1 N–H and O–H groups in total. The fraction of sp³-hybridized carbons (Fsp3) is 0.304. The Morgan fingerprint density at radius 3 is 2.88 bits per heavy atom. The van der Waals surface area contributed by atoms with Crippen LogP contribution in [-0.4, -0.2) is 68.3 Å². The van der Waals surface area contributed by atoms with E-state index in [4.69, 9.17) is 16.3 Å². The van der Waals surface area contributed by atoms with E-state index in [2.05, 4.69) is 31.9 Å². The molecule has 170 valence electrons. The number of ether oxygens (including phenoxy) is 1. The Bertz CT molecular complexity index is 1290. The molecule has 1 atom stereocenters. The van der Waals surface area contributed by atoms with Gasteiger partial charge in [0.1, 0.15) is 18.0 Å². The molecule has 0 spiro atoms. The number of piperazine rings is 1. The number of H-pyrrole nitrogens is 1. The molecule has 1 aliphatic rings. The van der Waals surface area contributed by atoms with Crippen molar-refractivity contribution in [3.63, 3.8) is 0 Å². The van der Waals surface area contributed by atoms with E-state index in [1.165, 1.54) is 0 Å². The number of nitrogens with one attached hydrogen (secondary N) is 1. The number of carbonyl (C=O) groups is 1. The predicted octanol–water partition coefficient (Wildman–Crippen LogP) is 3.22. The number of imidazole rings is 1. The average molecular weight is 466 g/mol. The van der Waals surface area contributed by atoms with Crippen LogP contribution in [0.25, 0.3) is 22.6 Å².